The van der Waals surface area contributed by atoms with E-state index in [1.54, 1.807) is 0 Å². The third kappa shape index (κ3) is 48.9. The van der Waals surface area contributed by atoms with Crippen LogP contribution in [0.25, 0.3) is 0 Å². The highest BCUT2D eigenvalue weighted by Crippen LogP contribution is 2.16. The zero-order valence-electron chi connectivity index (χ0n) is 41.7. The molecule has 364 valence electrons. The van der Waals surface area contributed by atoms with E-state index in [9.17, 15) is 14.4 Å². The standard InChI is InChI=1S/C56H104O6/c1-4-7-10-13-16-19-22-24-26-28-29-31-32-34-37-40-43-46-49-55(58)61-52-53(51-60-54(57)48-45-42-39-36-21-18-15-12-9-6-3)62-56(59)50-47-44-41-38-35-33-30-27-25-23-20-17-14-11-8-5-2/h19,22,26,28,53H,4-18,20-21,23-25,27,29-52H2,1-3H3/b22-19-,28-26-. The summed E-state index contributed by atoms with van der Waals surface area (Å²) >= 11 is 0. The Balaban J connectivity index is 4.30. The van der Waals surface area contributed by atoms with Crippen molar-refractivity contribution in [2.45, 2.75) is 303 Å². The van der Waals surface area contributed by atoms with Crippen LogP contribution in [0.5, 0.6) is 0 Å². The number of unbranched alkanes of at least 4 members (excludes halogenated alkanes) is 35. The number of carbonyl (C=O) groups excluding carboxylic acids is 3. The predicted molar refractivity (Wildman–Crippen MR) is 266 cm³/mol. The molecule has 0 aromatic carbocycles. The highest BCUT2D eigenvalue weighted by molar-refractivity contribution is 5.71. The molecule has 0 amide bonds. The number of ether oxygens (including phenoxy) is 3. The smallest absolute Gasteiger partial charge is 0.306 e. The van der Waals surface area contributed by atoms with Gasteiger partial charge in [-0.1, -0.05) is 251 Å². The molecule has 0 aromatic heterocycles. The van der Waals surface area contributed by atoms with Crippen LogP contribution in [0.15, 0.2) is 24.3 Å². The van der Waals surface area contributed by atoms with Crippen LogP contribution < -0.4 is 0 Å². The summed E-state index contributed by atoms with van der Waals surface area (Å²) in [4.78, 5) is 38.0. The zero-order chi connectivity index (χ0) is 45.1. The highest BCUT2D eigenvalue weighted by atomic mass is 16.6. The van der Waals surface area contributed by atoms with Gasteiger partial charge in [0.2, 0.25) is 0 Å². The first-order valence-electron chi connectivity index (χ1n) is 27.3. The number of hydrogen-bond acceptors (Lipinski definition) is 6. The molecule has 0 bridgehead atoms. The third-order valence-corrected chi connectivity index (χ3v) is 12.2. The molecular formula is C56H104O6. The van der Waals surface area contributed by atoms with Gasteiger partial charge in [-0.25, -0.2) is 0 Å². The van der Waals surface area contributed by atoms with E-state index in [1.807, 2.05) is 0 Å². The maximum absolute atomic E-state index is 12.8. The Labute approximate surface area is 385 Å². The molecular weight excluding hydrogens is 769 g/mol. The first-order valence-corrected chi connectivity index (χ1v) is 27.3. The molecule has 0 aliphatic carbocycles. The fraction of sp³-hybridized carbons (Fsp3) is 0.875. The predicted octanol–water partition coefficient (Wildman–Crippen LogP) is 17.9. The largest absolute Gasteiger partial charge is 0.462 e. The first-order chi connectivity index (χ1) is 30.5. The van der Waals surface area contributed by atoms with Crippen LogP contribution in [0, 0.1) is 0 Å². The van der Waals surface area contributed by atoms with E-state index < -0.39 is 6.10 Å². The van der Waals surface area contributed by atoms with Crippen LogP contribution in [-0.4, -0.2) is 37.2 Å². The summed E-state index contributed by atoms with van der Waals surface area (Å²) in [6, 6.07) is 0. The van der Waals surface area contributed by atoms with Crippen molar-refractivity contribution in [1.29, 1.82) is 0 Å². The minimum absolute atomic E-state index is 0.0688. The molecule has 1 atom stereocenters. The van der Waals surface area contributed by atoms with Crippen molar-refractivity contribution in [3.05, 3.63) is 24.3 Å². The molecule has 1 unspecified atom stereocenters. The van der Waals surface area contributed by atoms with Crippen LogP contribution in [0.2, 0.25) is 0 Å². The molecule has 0 rings (SSSR count). The average Bonchev–Trinajstić information content (AvgIpc) is 3.27. The molecule has 0 spiro atoms. The van der Waals surface area contributed by atoms with Gasteiger partial charge in [0.05, 0.1) is 0 Å². The van der Waals surface area contributed by atoms with Gasteiger partial charge in [0.1, 0.15) is 13.2 Å². The fourth-order valence-electron chi connectivity index (χ4n) is 8.06. The van der Waals surface area contributed by atoms with Crippen LogP contribution in [0.1, 0.15) is 297 Å². The minimum atomic E-state index is -0.768. The van der Waals surface area contributed by atoms with Gasteiger partial charge in [0.15, 0.2) is 6.10 Å². The van der Waals surface area contributed by atoms with Gasteiger partial charge < -0.3 is 14.2 Å². The van der Waals surface area contributed by atoms with Gasteiger partial charge in [-0.3, -0.25) is 14.4 Å². The molecule has 0 N–H and O–H groups in total. The van der Waals surface area contributed by atoms with Crippen molar-refractivity contribution in [1.82, 2.24) is 0 Å². The summed E-state index contributed by atoms with van der Waals surface area (Å²) in [5, 5.41) is 0. The minimum Gasteiger partial charge on any atom is -0.462 e. The molecule has 6 heteroatoms. The Bertz CT molecular complexity index is 1000. The molecule has 0 radical (unpaired) electrons. The summed E-state index contributed by atoms with van der Waals surface area (Å²) in [5.74, 6) is -0.861. The monoisotopic (exact) mass is 873 g/mol. The lowest BCUT2D eigenvalue weighted by Gasteiger charge is -2.18. The van der Waals surface area contributed by atoms with E-state index in [4.69, 9.17) is 14.2 Å². The van der Waals surface area contributed by atoms with Gasteiger partial charge in [-0.05, 0) is 51.4 Å². The van der Waals surface area contributed by atoms with E-state index in [2.05, 4.69) is 45.1 Å². The molecule has 0 fully saturated rings. The molecule has 0 aliphatic heterocycles. The second-order valence-electron chi connectivity index (χ2n) is 18.5. The second-order valence-corrected chi connectivity index (χ2v) is 18.5. The second kappa shape index (κ2) is 51.5. The van der Waals surface area contributed by atoms with Gasteiger partial charge in [0, 0.05) is 19.3 Å². The SMILES string of the molecule is CCCCCC/C=C\C/C=C\CCCCCCCCCC(=O)OCC(COC(=O)CCCCCCCCCCCC)OC(=O)CCCCCCCCCCCCCCCCCC. The maximum atomic E-state index is 12.8. The number of allylic oxidation sites excluding steroid dienone is 4. The first kappa shape index (κ1) is 59.9. The molecule has 0 saturated heterocycles. The summed E-state index contributed by atoms with van der Waals surface area (Å²) in [6.45, 7) is 6.64. The van der Waals surface area contributed by atoms with E-state index in [-0.39, 0.29) is 31.1 Å². The van der Waals surface area contributed by atoms with Crippen LogP contribution >= 0.6 is 0 Å². The summed E-state index contributed by atoms with van der Waals surface area (Å²) < 4.78 is 16.8. The number of rotatable bonds is 50. The topological polar surface area (TPSA) is 78.9 Å². The summed E-state index contributed by atoms with van der Waals surface area (Å²) in [7, 11) is 0. The van der Waals surface area contributed by atoms with Crippen molar-refractivity contribution < 1.29 is 28.6 Å². The van der Waals surface area contributed by atoms with Crippen molar-refractivity contribution in [2.24, 2.45) is 0 Å². The van der Waals surface area contributed by atoms with E-state index in [0.717, 1.165) is 70.6 Å². The van der Waals surface area contributed by atoms with Crippen molar-refractivity contribution >= 4 is 17.9 Å². The Morgan fingerprint density at radius 3 is 0.903 bits per heavy atom. The molecule has 62 heavy (non-hydrogen) atoms. The Hall–Kier alpha value is -2.11. The molecule has 0 aromatic rings. The molecule has 0 saturated carbocycles. The zero-order valence-corrected chi connectivity index (χ0v) is 41.7. The summed E-state index contributed by atoms with van der Waals surface area (Å²) in [6.07, 6.45) is 58.8. The quantitative estimate of drug-likeness (QED) is 0.0262. The third-order valence-electron chi connectivity index (χ3n) is 12.2. The lowest BCUT2D eigenvalue weighted by Crippen LogP contribution is -2.30. The van der Waals surface area contributed by atoms with E-state index >= 15 is 0 Å². The molecule has 0 aliphatic rings. The fourth-order valence-corrected chi connectivity index (χ4v) is 8.06. The van der Waals surface area contributed by atoms with E-state index in [1.165, 1.54) is 186 Å². The van der Waals surface area contributed by atoms with Crippen LogP contribution in [-0.2, 0) is 28.6 Å². The molecule has 0 heterocycles. The van der Waals surface area contributed by atoms with Crippen molar-refractivity contribution in [2.75, 3.05) is 13.2 Å². The average molecular weight is 873 g/mol. The number of hydrogen-bond donors (Lipinski definition) is 0. The number of esters is 3. The Kier molecular flexibility index (Phi) is 49.8. The normalized spacial score (nSPS) is 12.1. The van der Waals surface area contributed by atoms with Crippen LogP contribution in [0.3, 0.4) is 0 Å². The lowest BCUT2D eigenvalue weighted by molar-refractivity contribution is -0.167. The maximum Gasteiger partial charge on any atom is 0.306 e. The van der Waals surface area contributed by atoms with Crippen molar-refractivity contribution in [3.8, 4) is 0 Å². The number of carbonyl (C=O) groups is 3. The van der Waals surface area contributed by atoms with Crippen molar-refractivity contribution in [3.63, 3.8) is 0 Å². The van der Waals surface area contributed by atoms with Gasteiger partial charge in [-0.15, -0.1) is 0 Å². The summed E-state index contributed by atoms with van der Waals surface area (Å²) in [5.41, 5.74) is 0. The lowest BCUT2D eigenvalue weighted by atomic mass is 10.0. The Morgan fingerprint density at radius 1 is 0.323 bits per heavy atom. The highest BCUT2D eigenvalue weighted by Gasteiger charge is 2.19. The van der Waals surface area contributed by atoms with Crippen LogP contribution in [0.4, 0.5) is 0 Å². The van der Waals surface area contributed by atoms with Gasteiger partial charge in [-0.2, -0.15) is 0 Å². The Morgan fingerprint density at radius 2 is 0.581 bits per heavy atom. The van der Waals surface area contributed by atoms with Gasteiger partial charge >= 0.3 is 17.9 Å². The van der Waals surface area contributed by atoms with E-state index in [0.29, 0.717) is 19.3 Å². The molecule has 6 nitrogen and oxygen atoms in total. The van der Waals surface area contributed by atoms with Gasteiger partial charge in [0.25, 0.3) is 0 Å².